The molecule has 144 valence electrons. The van der Waals surface area contributed by atoms with Gasteiger partial charge in [-0.2, -0.15) is 0 Å². The highest BCUT2D eigenvalue weighted by Crippen LogP contribution is 2.32. The maximum atomic E-state index is 12.6. The van der Waals surface area contributed by atoms with Gasteiger partial charge >= 0.3 is 0 Å². The van der Waals surface area contributed by atoms with Crippen molar-refractivity contribution in [2.24, 2.45) is 0 Å². The Kier molecular flexibility index (Phi) is 5.70. The fraction of sp³-hybridized carbons (Fsp3) is 0.350. The molecule has 2 aromatic carbocycles. The number of aryl methyl sites for hydroxylation is 1. The normalized spacial score (nSPS) is 13.3. The van der Waals surface area contributed by atoms with Crippen molar-refractivity contribution in [2.75, 3.05) is 26.0 Å². The van der Waals surface area contributed by atoms with E-state index in [0.717, 1.165) is 11.1 Å². The molecule has 3 rings (SSSR count). The first kappa shape index (κ1) is 19.2. The highest BCUT2D eigenvalue weighted by molar-refractivity contribution is 7.91. The number of rotatable bonds is 6. The van der Waals surface area contributed by atoms with Crippen molar-refractivity contribution in [3.8, 4) is 11.5 Å². The highest BCUT2D eigenvalue weighted by atomic mass is 32.2. The molecule has 2 aromatic rings. The first-order chi connectivity index (χ1) is 12.9. The number of benzene rings is 2. The molecule has 0 bridgehead atoms. The van der Waals surface area contributed by atoms with Crippen LogP contribution in [-0.2, 0) is 21.2 Å². The van der Waals surface area contributed by atoms with Gasteiger partial charge in [0.1, 0.15) is 13.2 Å². The van der Waals surface area contributed by atoms with Gasteiger partial charge in [0.2, 0.25) is 5.91 Å². The van der Waals surface area contributed by atoms with E-state index < -0.39 is 9.84 Å². The average molecular weight is 389 g/mol. The Morgan fingerprint density at radius 2 is 1.78 bits per heavy atom. The second-order valence-electron chi connectivity index (χ2n) is 6.55. The number of amides is 1. The lowest BCUT2D eigenvalue weighted by molar-refractivity contribution is -0.130. The van der Waals surface area contributed by atoms with Crippen molar-refractivity contribution in [2.45, 2.75) is 24.8 Å². The van der Waals surface area contributed by atoms with E-state index in [-0.39, 0.29) is 23.0 Å². The molecular weight excluding hydrogens is 366 g/mol. The number of hydrogen-bond acceptors (Lipinski definition) is 5. The zero-order valence-corrected chi connectivity index (χ0v) is 16.3. The van der Waals surface area contributed by atoms with E-state index in [2.05, 4.69) is 0 Å². The molecule has 0 aliphatic carbocycles. The summed E-state index contributed by atoms with van der Waals surface area (Å²) in [4.78, 5) is 14.1. The molecule has 0 saturated heterocycles. The van der Waals surface area contributed by atoms with E-state index in [1.165, 1.54) is 12.1 Å². The van der Waals surface area contributed by atoms with E-state index in [4.69, 9.17) is 9.47 Å². The van der Waals surface area contributed by atoms with Gasteiger partial charge in [0.25, 0.3) is 0 Å². The summed E-state index contributed by atoms with van der Waals surface area (Å²) in [6, 6.07) is 12.4. The van der Waals surface area contributed by atoms with Gasteiger partial charge in [-0.05, 0) is 30.2 Å². The van der Waals surface area contributed by atoms with E-state index in [9.17, 15) is 13.2 Å². The molecule has 0 fully saturated rings. The standard InChI is InChI=1S/C20H23NO5S/c1-15-5-3-4-6-16(15)14-21(2)20(22)9-12-27(23,24)17-7-8-18-19(13-17)26-11-10-25-18/h3-8,13H,9-12,14H2,1-2H3. The van der Waals surface area contributed by atoms with Crippen molar-refractivity contribution >= 4 is 15.7 Å². The average Bonchev–Trinajstić information content (AvgIpc) is 2.67. The number of carbonyl (C=O) groups is 1. The van der Waals surface area contributed by atoms with E-state index >= 15 is 0 Å². The molecular formula is C20H23NO5S. The summed E-state index contributed by atoms with van der Waals surface area (Å²) in [6.07, 6.45) is -0.0703. The van der Waals surface area contributed by atoms with Gasteiger partial charge in [-0.25, -0.2) is 8.42 Å². The molecule has 0 N–H and O–H groups in total. The molecule has 0 radical (unpaired) electrons. The maximum absolute atomic E-state index is 12.6. The van der Waals surface area contributed by atoms with Crippen molar-refractivity contribution in [3.05, 3.63) is 53.6 Å². The van der Waals surface area contributed by atoms with Crippen molar-refractivity contribution in [1.82, 2.24) is 4.90 Å². The van der Waals surface area contributed by atoms with Gasteiger partial charge in [0.05, 0.1) is 10.6 Å². The predicted octanol–water partition coefficient (Wildman–Crippen LogP) is 2.59. The van der Waals surface area contributed by atoms with Crippen LogP contribution in [0.25, 0.3) is 0 Å². The van der Waals surface area contributed by atoms with Crippen molar-refractivity contribution < 1.29 is 22.7 Å². The smallest absolute Gasteiger partial charge is 0.223 e. The van der Waals surface area contributed by atoms with Crippen molar-refractivity contribution in [3.63, 3.8) is 0 Å². The molecule has 0 saturated carbocycles. The van der Waals surface area contributed by atoms with Gasteiger partial charge in [0.15, 0.2) is 21.3 Å². The lowest BCUT2D eigenvalue weighted by atomic mass is 10.1. The minimum atomic E-state index is -3.59. The van der Waals surface area contributed by atoms with Gasteiger partial charge in [-0.15, -0.1) is 0 Å². The topological polar surface area (TPSA) is 72.9 Å². The molecule has 0 spiro atoms. The van der Waals surface area contributed by atoms with E-state index in [1.54, 1.807) is 18.0 Å². The second kappa shape index (κ2) is 8.00. The number of sulfone groups is 1. The second-order valence-corrected chi connectivity index (χ2v) is 8.66. The minimum absolute atomic E-state index is 0.0703. The van der Waals surface area contributed by atoms with Crippen LogP contribution >= 0.6 is 0 Å². The first-order valence-corrected chi connectivity index (χ1v) is 10.4. The van der Waals surface area contributed by atoms with Crippen LogP contribution in [0.4, 0.5) is 0 Å². The van der Waals surface area contributed by atoms with Crippen LogP contribution < -0.4 is 9.47 Å². The van der Waals surface area contributed by atoms with Crippen LogP contribution in [0.5, 0.6) is 11.5 Å². The highest BCUT2D eigenvalue weighted by Gasteiger charge is 2.21. The predicted molar refractivity (Wildman–Crippen MR) is 102 cm³/mol. The van der Waals surface area contributed by atoms with Gasteiger partial charge in [-0.1, -0.05) is 24.3 Å². The lowest BCUT2D eigenvalue weighted by Gasteiger charge is -2.20. The summed E-state index contributed by atoms with van der Waals surface area (Å²) in [5.74, 6) is 0.503. The van der Waals surface area contributed by atoms with Crippen LogP contribution in [0.1, 0.15) is 17.5 Å². The lowest BCUT2D eigenvalue weighted by Crippen LogP contribution is -2.28. The summed E-state index contributed by atoms with van der Waals surface area (Å²) in [6.45, 7) is 3.27. The Labute approximate surface area is 159 Å². The Bertz CT molecular complexity index is 939. The zero-order chi connectivity index (χ0) is 19.4. The molecule has 1 amide bonds. The SMILES string of the molecule is Cc1ccccc1CN(C)C(=O)CCS(=O)(=O)c1ccc2c(c1)OCCO2. The Balaban J connectivity index is 1.63. The number of fused-ring (bicyclic) bond motifs is 1. The third kappa shape index (κ3) is 4.60. The maximum Gasteiger partial charge on any atom is 0.223 e. The fourth-order valence-electron chi connectivity index (χ4n) is 2.88. The van der Waals surface area contributed by atoms with Crippen LogP contribution in [0.15, 0.2) is 47.4 Å². The summed E-state index contributed by atoms with van der Waals surface area (Å²) in [7, 11) is -1.90. The molecule has 0 atom stereocenters. The molecule has 1 heterocycles. The largest absolute Gasteiger partial charge is 0.486 e. The number of carbonyl (C=O) groups excluding carboxylic acids is 1. The fourth-order valence-corrected chi connectivity index (χ4v) is 4.12. The summed E-state index contributed by atoms with van der Waals surface area (Å²) in [5.41, 5.74) is 2.14. The third-order valence-corrected chi connectivity index (χ3v) is 6.27. The number of nitrogens with zero attached hydrogens (tertiary/aromatic N) is 1. The summed E-state index contributed by atoms with van der Waals surface area (Å²) in [5, 5.41) is 0. The Hall–Kier alpha value is -2.54. The van der Waals surface area contributed by atoms with E-state index in [1.807, 2.05) is 31.2 Å². The molecule has 7 heteroatoms. The molecule has 0 unspecified atom stereocenters. The number of ether oxygens (including phenoxy) is 2. The van der Waals surface area contributed by atoms with Crippen molar-refractivity contribution in [1.29, 1.82) is 0 Å². The molecule has 0 aromatic heterocycles. The molecule has 6 nitrogen and oxygen atoms in total. The first-order valence-electron chi connectivity index (χ1n) is 8.78. The molecule has 1 aliphatic rings. The minimum Gasteiger partial charge on any atom is -0.486 e. The van der Waals surface area contributed by atoms with Crippen LogP contribution in [-0.4, -0.2) is 45.2 Å². The Morgan fingerprint density at radius 3 is 2.52 bits per heavy atom. The third-order valence-electron chi connectivity index (χ3n) is 4.55. The van der Waals surface area contributed by atoms with Crippen LogP contribution in [0.2, 0.25) is 0 Å². The zero-order valence-electron chi connectivity index (χ0n) is 15.5. The monoisotopic (exact) mass is 389 g/mol. The summed E-state index contributed by atoms with van der Waals surface area (Å²) >= 11 is 0. The van der Waals surface area contributed by atoms with Crippen LogP contribution in [0, 0.1) is 6.92 Å². The quantitative estimate of drug-likeness (QED) is 0.759. The van der Waals surface area contributed by atoms with Gasteiger partial charge in [0, 0.05) is 26.1 Å². The summed E-state index contributed by atoms with van der Waals surface area (Å²) < 4.78 is 36.0. The van der Waals surface area contributed by atoms with Crippen LogP contribution in [0.3, 0.4) is 0 Å². The van der Waals surface area contributed by atoms with Gasteiger partial charge in [-0.3, -0.25) is 4.79 Å². The number of hydrogen-bond donors (Lipinski definition) is 0. The molecule has 27 heavy (non-hydrogen) atoms. The molecule has 1 aliphatic heterocycles. The Morgan fingerprint density at radius 1 is 1.07 bits per heavy atom. The van der Waals surface area contributed by atoms with Gasteiger partial charge < -0.3 is 14.4 Å². The van der Waals surface area contributed by atoms with E-state index in [0.29, 0.717) is 31.3 Å².